The van der Waals surface area contributed by atoms with Crippen molar-refractivity contribution in [3.63, 3.8) is 0 Å². The van der Waals surface area contributed by atoms with Gasteiger partial charge >= 0.3 is 6.18 Å². The second kappa shape index (κ2) is 13.7. The van der Waals surface area contributed by atoms with Gasteiger partial charge in [-0.1, -0.05) is 26.0 Å². The van der Waals surface area contributed by atoms with Crippen molar-refractivity contribution in [2.45, 2.75) is 32.9 Å². The van der Waals surface area contributed by atoms with Crippen molar-refractivity contribution in [2.75, 3.05) is 25.1 Å². The highest BCUT2D eigenvalue weighted by Gasteiger charge is 2.31. The molecule has 218 valence electrons. The Balaban J connectivity index is 0.00000226. The van der Waals surface area contributed by atoms with E-state index in [4.69, 9.17) is 11.5 Å². The summed E-state index contributed by atoms with van der Waals surface area (Å²) in [5.41, 5.74) is 12.5. The molecule has 1 atom stereocenters. The zero-order valence-corrected chi connectivity index (χ0v) is 22.9. The molecule has 0 bridgehead atoms. The normalized spacial score (nSPS) is 18.5. The van der Waals surface area contributed by atoms with Crippen molar-refractivity contribution in [2.24, 2.45) is 27.4 Å². The van der Waals surface area contributed by atoms with Crippen LogP contribution >= 0.6 is 0 Å². The molecule has 0 aliphatic carbocycles. The smallest absolute Gasteiger partial charge is 0.382 e. The van der Waals surface area contributed by atoms with E-state index in [1.807, 2.05) is 18.7 Å². The molecule has 2 aliphatic rings. The van der Waals surface area contributed by atoms with E-state index >= 15 is 0 Å². The number of anilines is 1. The number of primary amides is 1. The third-order valence-electron chi connectivity index (χ3n) is 6.38. The molecule has 2 aromatic rings. The minimum Gasteiger partial charge on any atom is -0.382 e. The van der Waals surface area contributed by atoms with Crippen molar-refractivity contribution in [1.29, 1.82) is 0 Å². The number of piperidine rings is 1. The number of nitrogens with two attached hydrogens (primary N) is 2. The van der Waals surface area contributed by atoms with Crippen LogP contribution in [0.4, 0.5) is 19.0 Å². The van der Waals surface area contributed by atoms with Gasteiger partial charge in [0, 0.05) is 36.3 Å². The van der Waals surface area contributed by atoms with Crippen LogP contribution in [0.5, 0.6) is 0 Å². The fraction of sp³-hybridized carbons (Fsp3) is 0.321. The van der Waals surface area contributed by atoms with Crippen LogP contribution in [-0.2, 0) is 11.0 Å². The number of halogens is 3. The van der Waals surface area contributed by atoms with Crippen molar-refractivity contribution < 1.29 is 22.8 Å². The molecule has 1 aromatic carbocycles. The number of nitrogens with one attached hydrogen (secondary N) is 1. The summed E-state index contributed by atoms with van der Waals surface area (Å²) in [6, 6.07) is 7.84. The van der Waals surface area contributed by atoms with E-state index in [2.05, 4.69) is 31.9 Å². The molecule has 2 amide bonds. The monoisotopic (exact) mass is 570 g/mol. The van der Waals surface area contributed by atoms with E-state index in [9.17, 15) is 22.8 Å². The number of likely N-dealkylation sites (tertiary alicyclic amines) is 1. The van der Waals surface area contributed by atoms with Gasteiger partial charge in [-0.25, -0.2) is 9.98 Å². The summed E-state index contributed by atoms with van der Waals surface area (Å²) in [4.78, 5) is 40.5. The van der Waals surface area contributed by atoms with Crippen molar-refractivity contribution in [3.05, 3.63) is 77.4 Å². The molecule has 1 fully saturated rings. The maximum Gasteiger partial charge on any atom is 0.416 e. The predicted octanol–water partition coefficient (Wildman–Crippen LogP) is 4.05. The number of amides is 2. The van der Waals surface area contributed by atoms with Gasteiger partial charge in [-0.05, 0) is 50.4 Å². The molecule has 13 heteroatoms. The highest BCUT2D eigenvalue weighted by atomic mass is 19.4. The minimum atomic E-state index is -4.56. The SMILES string of the molecule is C=N/C(=C1/C(N)=NC=CN1CN1CCCC(C(N)=O)C1)c1ccc(C(=O)Nc2cc(C(F)(F)F)ccn2)cc1.CC. The summed E-state index contributed by atoms with van der Waals surface area (Å²) in [5.74, 6) is -1.20. The fourth-order valence-electron chi connectivity index (χ4n) is 4.43. The zero-order valence-electron chi connectivity index (χ0n) is 22.9. The quantitative estimate of drug-likeness (QED) is 0.429. The van der Waals surface area contributed by atoms with Gasteiger partial charge in [-0.2, -0.15) is 13.2 Å². The van der Waals surface area contributed by atoms with Gasteiger partial charge in [0.2, 0.25) is 5.91 Å². The number of hydrogen-bond acceptors (Lipinski definition) is 8. The Labute approximate surface area is 236 Å². The fourth-order valence-corrected chi connectivity index (χ4v) is 4.43. The van der Waals surface area contributed by atoms with Gasteiger partial charge in [0.05, 0.1) is 23.8 Å². The molecule has 0 radical (unpaired) electrons. The van der Waals surface area contributed by atoms with E-state index < -0.39 is 17.6 Å². The van der Waals surface area contributed by atoms with Crippen molar-refractivity contribution in [1.82, 2.24) is 14.8 Å². The lowest BCUT2D eigenvalue weighted by Gasteiger charge is -2.36. The van der Waals surface area contributed by atoms with E-state index in [-0.39, 0.29) is 29.0 Å². The Morgan fingerprint density at radius 3 is 2.49 bits per heavy atom. The van der Waals surface area contributed by atoms with Crippen LogP contribution < -0.4 is 16.8 Å². The maximum absolute atomic E-state index is 13.0. The molecule has 41 heavy (non-hydrogen) atoms. The van der Waals surface area contributed by atoms with Crippen molar-refractivity contribution >= 4 is 35.9 Å². The van der Waals surface area contributed by atoms with Gasteiger partial charge < -0.3 is 21.7 Å². The Morgan fingerprint density at radius 2 is 1.85 bits per heavy atom. The maximum atomic E-state index is 13.0. The number of carbonyl (C=O) groups is 2. The summed E-state index contributed by atoms with van der Waals surface area (Å²) in [6.07, 6.45) is 1.30. The summed E-state index contributed by atoms with van der Waals surface area (Å²) in [6.45, 7) is 9.39. The van der Waals surface area contributed by atoms with Gasteiger partial charge in [-0.15, -0.1) is 0 Å². The number of benzene rings is 1. The van der Waals surface area contributed by atoms with E-state index in [1.165, 1.54) is 12.1 Å². The Bertz CT molecular complexity index is 1350. The number of rotatable bonds is 7. The molecule has 10 nitrogen and oxygen atoms in total. The van der Waals surface area contributed by atoms with Gasteiger partial charge in [0.1, 0.15) is 17.4 Å². The van der Waals surface area contributed by atoms with Gasteiger partial charge in [0.15, 0.2) is 0 Å². The standard InChI is InChI=1S/C26H27F3N8O2.C2H6/c1-32-21(22-23(30)34-10-12-37(22)15-36-11-2-3-18(14-36)24(31)38)16-4-6-17(7-5-16)25(39)35-20-13-19(8-9-33-20)26(27,28)29;1-2/h4-10,12-13,18H,1-3,11,14-15H2,(H2,30,34)(H2,31,38)(H,33,35,39);1-2H3/b22-21-;. The third kappa shape index (κ3) is 7.78. The largest absolute Gasteiger partial charge is 0.416 e. The predicted molar refractivity (Wildman–Crippen MR) is 152 cm³/mol. The second-order valence-corrected chi connectivity index (χ2v) is 9.06. The van der Waals surface area contributed by atoms with E-state index in [0.29, 0.717) is 30.2 Å². The number of amidine groups is 1. The molecule has 2 aliphatic heterocycles. The van der Waals surface area contributed by atoms with Crippen LogP contribution in [0.3, 0.4) is 0 Å². The number of aliphatic imine (C=N–C) groups is 2. The topological polar surface area (TPSA) is 142 Å². The number of nitrogens with zero attached hydrogens (tertiary/aromatic N) is 5. The summed E-state index contributed by atoms with van der Waals surface area (Å²) >= 11 is 0. The van der Waals surface area contributed by atoms with Crippen LogP contribution in [0.25, 0.3) is 5.70 Å². The first-order valence-corrected chi connectivity index (χ1v) is 13.0. The summed E-state index contributed by atoms with van der Waals surface area (Å²) in [7, 11) is 0. The van der Waals surface area contributed by atoms with Crippen LogP contribution in [-0.4, -0.2) is 58.9 Å². The Kier molecular flexibility index (Phi) is 10.4. The first-order valence-electron chi connectivity index (χ1n) is 13.0. The lowest BCUT2D eigenvalue weighted by molar-refractivity contribution is -0.137. The van der Waals surface area contributed by atoms with Crippen LogP contribution in [0.15, 0.2) is 70.7 Å². The van der Waals surface area contributed by atoms with Crippen LogP contribution in [0.1, 0.15) is 48.2 Å². The molecule has 0 spiro atoms. The molecule has 1 saturated heterocycles. The highest BCUT2D eigenvalue weighted by molar-refractivity contribution is 6.06. The van der Waals surface area contributed by atoms with Crippen LogP contribution in [0, 0.1) is 5.92 Å². The van der Waals surface area contributed by atoms with Crippen molar-refractivity contribution in [3.8, 4) is 0 Å². The zero-order chi connectivity index (χ0) is 30.2. The molecule has 0 saturated carbocycles. The average molecular weight is 571 g/mol. The van der Waals surface area contributed by atoms with E-state index in [0.717, 1.165) is 37.7 Å². The first-order chi connectivity index (χ1) is 19.6. The molecule has 3 heterocycles. The molecule has 4 rings (SSSR count). The number of carbonyl (C=O) groups excluding carboxylic acids is 2. The number of hydrogen-bond donors (Lipinski definition) is 3. The minimum absolute atomic E-state index is 0.194. The van der Waals surface area contributed by atoms with Crippen LogP contribution in [0.2, 0.25) is 0 Å². The highest BCUT2D eigenvalue weighted by Crippen LogP contribution is 2.30. The second-order valence-electron chi connectivity index (χ2n) is 9.06. The third-order valence-corrected chi connectivity index (χ3v) is 6.38. The summed E-state index contributed by atoms with van der Waals surface area (Å²) < 4.78 is 38.9. The van der Waals surface area contributed by atoms with Gasteiger partial charge in [-0.3, -0.25) is 19.5 Å². The average Bonchev–Trinajstić information content (AvgIpc) is 2.96. The molecule has 1 unspecified atom stereocenters. The first kappa shape index (κ1) is 31.0. The lowest BCUT2D eigenvalue weighted by Crippen LogP contribution is -2.46. The van der Waals surface area contributed by atoms with E-state index in [1.54, 1.807) is 24.5 Å². The Morgan fingerprint density at radius 1 is 1.17 bits per heavy atom. The molecular formula is C28H33F3N8O2. The Hall–Kier alpha value is -4.52. The lowest BCUT2D eigenvalue weighted by atomic mass is 9.98. The molecular weight excluding hydrogens is 537 g/mol. The molecule has 1 aromatic heterocycles. The number of aromatic nitrogens is 1. The summed E-state index contributed by atoms with van der Waals surface area (Å²) in [5, 5.41) is 2.38. The number of alkyl halides is 3. The number of pyridine rings is 1. The van der Waals surface area contributed by atoms with Gasteiger partial charge in [0.25, 0.3) is 5.91 Å². The molecule has 5 N–H and O–H groups in total.